The highest BCUT2D eigenvalue weighted by molar-refractivity contribution is 6.17. The Bertz CT molecular complexity index is 1170. The first-order valence-corrected chi connectivity index (χ1v) is 12.0. The first-order valence-electron chi connectivity index (χ1n) is 15.6. The Morgan fingerprint density at radius 2 is 2.00 bits per heavy atom. The summed E-state index contributed by atoms with van der Waals surface area (Å²) in [6.07, 6.45) is 7.31. The minimum atomic E-state index is -3.32. The number of allylic oxidation sites excluding steroid dienone is 3. The van der Waals surface area contributed by atoms with Crippen molar-refractivity contribution in [2.24, 2.45) is 28.6 Å². The molecule has 1 aromatic rings. The van der Waals surface area contributed by atoms with Crippen LogP contribution < -0.4 is 0 Å². The van der Waals surface area contributed by atoms with Crippen molar-refractivity contribution in [2.75, 3.05) is 12.4 Å². The Morgan fingerprint density at radius 3 is 2.81 bits per heavy atom. The molecular weight excluding hydrogens is 402 g/mol. The number of ether oxygens (including phenoxy) is 1. The SMILES string of the molecule is [2H]C([2H])(Cl)C([2H])([2H])C([2H])([2H])C([2H])([2H])O[C@H]1CC[C@@]2(C)C(=CC[C@@H]3[C@@H]2CC[C@]2(C)C(c4cccnc4)=CC[C@@H]32)C1. The van der Waals surface area contributed by atoms with Crippen molar-refractivity contribution in [3.63, 3.8) is 0 Å². The predicted octanol–water partition coefficient (Wildman–Crippen LogP) is 7.44. The van der Waals surface area contributed by atoms with Crippen molar-refractivity contribution in [3.8, 4) is 0 Å². The molecule has 0 spiro atoms. The highest BCUT2D eigenvalue weighted by Gasteiger charge is 2.56. The van der Waals surface area contributed by atoms with Gasteiger partial charge < -0.3 is 4.74 Å². The van der Waals surface area contributed by atoms with E-state index in [2.05, 4.69) is 37.0 Å². The maximum atomic E-state index is 8.29. The fraction of sp³-hybridized carbons (Fsp3) is 0.679. The zero-order valence-electron chi connectivity index (χ0n) is 26.5. The summed E-state index contributed by atoms with van der Waals surface area (Å²) in [6, 6.07) is 4.16. The maximum Gasteiger partial charge on any atom is 0.0612 e. The van der Waals surface area contributed by atoms with Crippen LogP contribution in [-0.4, -0.2) is 23.5 Å². The molecule has 2 nitrogen and oxygen atoms in total. The third-order valence-corrected chi connectivity index (χ3v) is 9.09. The topological polar surface area (TPSA) is 22.1 Å². The summed E-state index contributed by atoms with van der Waals surface area (Å²) in [5, 5.41) is 0. The number of hydrogen-bond donors (Lipinski definition) is 0. The number of aromatic nitrogens is 1. The lowest BCUT2D eigenvalue weighted by atomic mass is 9.47. The molecule has 6 atom stereocenters. The lowest BCUT2D eigenvalue weighted by Crippen LogP contribution is -2.50. The molecule has 0 N–H and O–H groups in total. The molecule has 3 heteroatoms. The van der Waals surface area contributed by atoms with Gasteiger partial charge in [-0.2, -0.15) is 0 Å². The van der Waals surface area contributed by atoms with Gasteiger partial charge in [-0.25, -0.2) is 0 Å². The molecule has 4 aliphatic carbocycles. The molecule has 2 fully saturated rings. The Balaban J connectivity index is 1.33. The Labute approximate surface area is 204 Å². The summed E-state index contributed by atoms with van der Waals surface area (Å²) in [4.78, 5) is 4.36. The lowest BCUT2D eigenvalue weighted by molar-refractivity contribution is -0.0388. The van der Waals surface area contributed by atoms with E-state index in [9.17, 15) is 0 Å². The van der Waals surface area contributed by atoms with Gasteiger partial charge >= 0.3 is 0 Å². The number of pyridine rings is 1. The molecular formula is C28H38ClNO. The number of alkyl halides is 1. The van der Waals surface area contributed by atoms with Crippen molar-refractivity contribution in [2.45, 2.75) is 77.6 Å². The van der Waals surface area contributed by atoms with E-state index in [-0.39, 0.29) is 10.8 Å². The molecule has 0 unspecified atom stereocenters. The third-order valence-electron chi connectivity index (χ3n) is 9.00. The zero-order chi connectivity index (χ0) is 28.6. The summed E-state index contributed by atoms with van der Waals surface area (Å²) in [5.74, 6) is -1.48. The van der Waals surface area contributed by atoms with Gasteiger partial charge in [-0.1, -0.05) is 37.6 Å². The second kappa shape index (κ2) is 8.67. The van der Waals surface area contributed by atoms with E-state index < -0.39 is 31.2 Å². The van der Waals surface area contributed by atoms with Gasteiger partial charge in [0, 0.05) is 33.0 Å². The molecule has 0 saturated heterocycles. The van der Waals surface area contributed by atoms with E-state index >= 15 is 0 Å². The molecule has 31 heavy (non-hydrogen) atoms. The van der Waals surface area contributed by atoms with E-state index in [0.717, 1.165) is 32.1 Å². The van der Waals surface area contributed by atoms with E-state index in [1.54, 1.807) is 0 Å². The standard InChI is InChI=1S/C28H38ClNO/c1-27-13-11-22(31-17-4-3-15-29)18-21(27)7-8-23-25-10-9-24(20-6-5-16-30-19-20)28(25,2)14-12-26(23)27/h5-7,9,16,19,22-23,25-26H,3-4,8,10-15,17-18H2,1-2H3/t22-,23-,25-,26-,27-,28+/m0/s1/i3D2,4D2,15D2,17D2. The van der Waals surface area contributed by atoms with E-state index in [0.29, 0.717) is 30.6 Å². The molecule has 0 amide bonds. The van der Waals surface area contributed by atoms with Crippen molar-refractivity contribution in [1.29, 1.82) is 0 Å². The Hall–Kier alpha value is -1.12. The number of rotatable bonds is 6. The minimum Gasteiger partial charge on any atom is -0.378 e. The highest BCUT2D eigenvalue weighted by Crippen LogP contribution is 2.66. The number of halogens is 1. The fourth-order valence-electron chi connectivity index (χ4n) is 7.43. The third kappa shape index (κ3) is 3.72. The van der Waals surface area contributed by atoms with Gasteiger partial charge in [0.1, 0.15) is 0 Å². The zero-order valence-corrected chi connectivity index (χ0v) is 19.2. The van der Waals surface area contributed by atoms with Crippen LogP contribution in [0.25, 0.3) is 5.57 Å². The molecule has 168 valence electrons. The molecule has 5 rings (SSSR count). The molecule has 4 aliphatic rings. The van der Waals surface area contributed by atoms with Crippen LogP contribution >= 0.6 is 11.6 Å². The Morgan fingerprint density at radius 1 is 1.13 bits per heavy atom. The van der Waals surface area contributed by atoms with E-state index in [1.165, 1.54) is 16.7 Å². The number of nitrogens with zero attached hydrogens (tertiary/aromatic N) is 1. The van der Waals surface area contributed by atoms with Crippen molar-refractivity contribution in [1.82, 2.24) is 4.98 Å². The van der Waals surface area contributed by atoms with Crippen LogP contribution in [-0.2, 0) is 4.74 Å². The van der Waals surface area contributed by atoms with Crippen molar-refractivity contribution >= 4 is 17.2 Å². The number of hydrogen-bond acceptors (Lipinski definition) is 2. The van der Waals surface area contributed by atoms with Crippen LogP contribution in [0.4, 0.5) is 0 Å². The second-order valence-electron chi connectivity index (χ2n) is 10.2. The summed E-state index contributed by atoms with van der Waals surface area (Å²) >= 11 is 5.50. The van der Waals surface area contributed by atoms with Gasteiger partial charge in [0.15, 0.2) is 0 Å². The predicted molar refractivity (Wildman–Crippen MR) is 129 cm³/mol. The van der Waals surface area contributed by atoms with Gasteiger partial charge in [0.2, 0.25) is 0 Å². The van der Waals surface area contributed by atoms with Gasteiger partial charge in [-0.15, -0.1) is 11.6 Å². The minimum absolute atomic E-state index is 0.0326. The highest BCUT2D eigenvalue weighted by atomic mass is 35.5. The second-order valence-corrected chi connectivity index (χ2v) is 10.4. The molecule has 1 aromatic heterocycles. The van der Waals surface area contributed by atoms with E-state index in [1.807, 2.05) is 18.5 Å². The summed E-state index contributed by atoms with van der Waals surface area (Å²) in [7, 11) is 0. The quantitative estimate of drug-likeness (QED) is 0.333. The average molecular weight is 448 g/mol. The van der Waals surface area contributed by atoms with Crippen molar-refractivity contribution in [3.05, 3.63) is 47.8 Å². The van der Waals surface area contributed by atoms with Crippen LogP contribution in [0, 0.1) is 28.6 Å². The largest absolute Gasteiger partial charge is 0.378 e. The lowest BCUT2D eigenvalue weighted by Gasteiger charge is -2.58. The summed E-state index contributed by atoms with van der Waals surface area (Å²) in [6.45, 7) is 1.68. The normalized spacial score (nSPS) is 44.9. The van der Waals surface area contributed by atoms with Gasteiger partial charge in [-0.05, 0) is 103 Å². The fourth-order valence-corrected chi connectivity index (χ4v) is 7.47. The molecule has 0 aromatic carbocycles. The van der Waals surface area contributed by atoms with Crippen molar-refractivity contribution < 1.29 is 15.7 Å². The first-order chi connectivity index (χ1) is 18.0. The van der Waals surface area contributed by atoms with Gasteiger partial charge in [0.05, 0.1) is 8.85 Å². The molecule has 0 radical (unpaired) electrons. The van der Waals surface area contributed by atoms with Crippen LogP contribution in [0.5, 0.6) is 0 Å². The smallest absolute Gasteiger partial charge is 0.0612 e. The summed E-state index contributed by atoms with van der Waals surface area (Å²) in [5.41, 5.74) is 3.97. The van der Waals surface area contributed by atoms with Crippen LogP contribution in [0.2, 0.25) is 0 Å². The van der Waals surface area contributed by atoms with E-state index in [4.69, 9.17) is 27.3 Å². The monoisotopic (exact) mass is 447 g/mol. The molecule has 2 saturated carbocycles. The maximum absolute atomic E-state index is 8.29. The average Bonchev–Trinajstić information content (AvgIpc) is 3.21. The summed E-state index contributed by atoms with van der Waals surface area (Å²) < 4.78 is 69.4. The van der Waals surface area contributed by atoms with Gasteiger partial charge in [-0.3, -0.25) is 4.98 Å². The molecule has 1 heterocycles. The Kier molecular flexibility index (Phi) is 3.97. The molecule has 0 aliphatic heterocycles. The molecule has 0 bridgehead atoms. The van der Waals surface area contributed by atoms with Crippen LogP contribution in [0.15, 0.2) is 42.3 Å². The first kappa shape index (κ1) is 14.2. The van der Waals surface area contributed by atoms with Gasteiger partial charge in [0.25, 0.3) is 0 Å². The number of fused-ring (bicyclic) bond motifs is 5. The van der Waals surface area contributed by atoms with Crippen LogP contribution in [0.3, 0.4) is 0 Å². The van der Waals surface area contributed by atoms with Crippen LogP contribution in [0.1, 0.15) is 88.1 Å².